The standard InChI is InChI=1S/C13H27N3O/c1-5-6-14-13(17)8-15-12-7-11(3)16(4)9-10(12)2/h10-12,15H,5-9H2,1-4H3,(H,14,17)/t10-,11-,12+/m0/s1. The molecule has 0 bridgehead atoms. The van der Waals surface area contributed by atoms with Crippen LogP contribution in [0.3, 0.4) is 0 Å². The van der Waals surface area contributed by atoms with Gasteiger partial charge < -0.3 is 15.5 Å². The Morgan fingerprint density at radius 2 is 2.12 bits per heavy atom. The summed E-state index contributed by atoms with van der Waals surface area (Å²) in [6, 6.07) is 1.07. The molecule has 0 aromatic carbocycles. The fraction of sp³-hybridized carbons (Fsp3) is 0.923. The predicted octanol–water partition coefficient (Wildman–Crippen LogP) is 0.831. The minimum Gasteiger partial charge on any atom is -0.355 e. The summed E-state index contributed by atoms with van der Waals surface area (Å²) in [6.07, 6.45) is 2.12. The first-order valence-corrected chi connectivity index (χ1v) is 6.74. The second-order valence-electron chi connectivity index (χ2n) is 5.34. The number of amides is 1. The molecule has 2 N–H and O–H groups in total. The lowest BCUT2D eigenvalue weighted by atomic mass is 9.90. The third kappa shape index (κ3) is 4.64. The molecule has 1 rings (SSSR count). The maximum atomic E-state index is 11.5. The molecule has 1 amide bonds. The molecular weight excluding hydrogens is 214 g/mol. The average Bonchev–Trinajstić information content (AvgIpc) is 2.29. The molecule has 1 aliphatic rings. The summed E-state index contributed by atoms with van der Waals surface area (Å²) < 4.78 is 0. The van der Waals surface area contributed by atoms with Gasteiger partial charge in [0.25, 0.3) is 0 Å². The first kappa shape index (κ1) is 14.5. The van der Waals surface area contributed by atoms with Gasteiger partial charge in [-0.15, -0.1) is 0 Å². The van der Waals surface area contributed by atoms with Crippen molar-refractivity contribution in [1.29, 1.82) is 0 Å². The van der Waals surface area contributed by atoms with Crippen molar-refractivity contribution in [3.05, 3.63) is 0 Å². The fourth-order valence-electron chi connectivity index (χ4n) is 2.38. The summed E-state index contributed by atoms with van der Waals surface area (Å²) in [6.45, 7) is 8.90. The van der Waals surface area contributed by atoms with Crippen molar-refractivity contribution >= 4 is 5.91 Å². The van der Waals surface area contributed by atoms with Gasteiger partial charge in [-0.1, -0.05) is 13.8 Å². The van der Waals surface area contributed by atoms with Gasteiger partial charge in [0, 0.05) is 25.2 Å². The van der Waals surface area contributed by atoms with Crippen LogP contribution in [0.1, 0.15) is 33.6 Å². The molecule has 100 valence electrons. The Morgan fingerprint density at radius 3 is 2.76 bits per heavy atom. The van der Waals surface area contributed by atoms with Crippen molar-refractivity contribution in [3.63, 3.8) is 0 Å². The van der Waals surface area contributed by atoms with Crippen molar-refractivity contribution in [2.75, 3.05) is 26.7 Å². The molecule has 0 unspecified atom stereocenters. The van der Waals surface area contributed by atoms with Gasteiger partial charge in [-0.3, -0.25) is 4.79 Å². The van der Waals surface area contributed by atoms with Gasteiger partial charge in [-0.05, 0) is 32.7 Å². The maximum absolute atomic E-state index is 11.5. The molecule has 3 atom stereocenters. The number of carbonyl (C=O) groups is 1. The van der Waals surface area contributed by atoms with Gasteiger partial charge in [-0.2, -0.15) is 0 Å². The van der Waals surface area contributed by atoms with Gasteiger partial charge in [0.1, 0.15) is 0 Å². The van der Waals surface area contributed by atoms with Crippen LogP contribution in [-0.4, -0.2) is 49.6 Å². The van der Waals surface area contributed by atoms with Crippen LogP contribution in [0.25, 0.3) is 0 Å². The lowest BCUT2D eigenvalue weighted by Crippen LogP contribution is -2.52. The lowest BCUT2D eigenvalue weighted by molar-refractivity contribution is -0.120. The van der Waals surface area contributed by atoms with Gasteiger partial charge >= 0.3 is 0 Å². The number of nitrogens with one attached hydrogen (secondary N) is 2. The molecule has 1 saturated heterocycles. The molecule has 0 aromatic rings. The normalized spacial score (nSPS) is 30.2. The first-order chi connectivity index (χ1) is 8.04. The van der Waals surface area contributed by atoms with Crippen LogP contribution in [-0.2, 0) is 4.79 Å². The second kappa shape index (κ2) is 6.97. The van der Waals surface area contributed by atoms with E-state index in [1.165, 1.54) is 0 Å². The number of hydrogen-bond acceptors (Lipinski definition) is 3. The summed E-state index contributed by atoms with van der Waals surface area (Å²) in [5, 5.41) is 6.29. The third-order valence-corrected chi connectivity index (χ3v) is 3.71. The molecule has 0 spiro atoms. The van der Waals surface area contributed by atoms with E-state index in [0.29, 0.717) is 24.5 Å². The highest BCUT2D eigenvalue weighted by Crippen LogP contribution is 2.20. The third-order valence-electron chi connectivity index (χ3n) is 3.71. The number of hydrogen-bond donors (Lipinski definition) is 2. The van der Waals surface area contributed by atoms with Crippen LogP contribution in [0.2, 0.25) is 0 Å². The van der Waals surface area contributed by atoms with E-state index in [4.69, 9.17) is 0 Å². The summed E-state index contributed by atoms with van der Waals surface area (Å²) >= 11 is 0. The van der Waals surface area contributed by atoms with Gasteiger partial charge in [0.05, 0.1) is 6.54 Å². The number of piperidine rings is 1. The van der Waals surface area contributed by atoms with Gasteiger partial charge in [-0.25, -0.2) is 0 Å². The lowest BCUT2D eigenvalue weighted by Gasteiger charge is -2.40. The van der Waals surface area contributed by atoms with Crippen LogP contribution in [0, 0.1) is 5.92 Å². The van der Waals surface area contributed by atoms with Crippen molar-refractivity contribution in [2.45, 2.75) is 45.7 Å². The van der Waals surface area contributed by atoms with E-state index in [-0.39, 0.29) is 5.91 Å². The van der Waals surface area contributed by atoms with E-state index >= 15 is 0 Å². The molecular formula is C13H27N3O. The molecule has 0 aromatic heterocycles. The molecule has 0 saturated carbocycles. The van der Waals surface area contributed by atoms with Crippen molar-refractivity contribution in [2.24, 2.45) is 5.92 Å². The predicted molar refractivity (Wildman–Crippen MR) is 71.0 cm³/mol. The Kier molecular flexibility index (Phi) is 5.92. The topological polar surface area (TPSA) is 44.4 Å². The molecule has 4 heteroatoms. The quantitative estimate of drug-likeness (QED) is 0.749. The van der Waals surface area contributed by atoms with Crippen molar-refractivity contribution in [3.8, 4) is 0 Å². The summed E-state index contributed by atoms with van der Waals surface area (Å²) in [5.41, 5.74) is 0. The largest absolute Gasteiger partial charge is 0.355 e. The minimum atomic E-state index is 0.116. The summed E-state index contributed by atoms with van der Waals surface area (Å²) in [7, 11) is 2.17. The van der Waals surface area contributed by atoms with Crippen LogP contribution >= 0.6 is 0 Å². The van der Waals surface area contributed by atoms with E-state index in [0.717, 1.165) is 25.9 Å². The SMILES string of the molecule is CCCNC(=O)CN[C@@H]1C[C@H](C)N(C)C[C@@H]1C. The monoisotopic (exact) mass is 241 g/mol. The van der Waals surface area contributed by atoms with Crippen LogP contribution in [0.15, 0.2) is 0 Å². The van der Waals surface area contributed by atoms with E-state index in [1.54, 1.807) is 0 Å². The Bertz CT molecular complexity index is 245. The molecule has 1 aliphatic heterocycles. The Hall–Kier alpha value is -0.610. The van der Waals surface area contributed by atoms with Crippen LogP contribution < -0.4 is 10.6 Å². The highest BCUT2D eigenvalue weighted by atomic mass is 16.1. The zero-order chi connectivity index (χ0) is 12.8. The summed E-state index contributed by atoms with van der Waals surface area (Å²) in [5.74, 6) is 0.723. The van der Waals surface area contributed by atoms with E-state index in [9.17, 15) is 4.79 Å². The number of likely N-dealkylation sites (tertiary alicyclic amines) is 1. The van der Waals surface area contributed by atoms with Crippen molar-refractivity contribution < 1.29 is 4.79 Å². The van der Waals surface area contributed by atoms with E-state index in [2.05, 4.69) is 43.4 Å². The molecule has 4 nitrogen and oxygen atoms in total. The number of nitrogens with zero attached hydrogens (tertiary/aromatic N) is 1. The first-order valence-electron chi connectivity index (χ1n) is 6.74. The Morgan fingerprint density at radius 1 is 1.41 bits per heavy atom. The van der Waals surface area contributed by atoms with Crippen LogP contribution in [0.5, 0.6) is 0 Å². The zero-order valence-corrected chi connectivity index (χ0v) is 11.6. The minimum absolute atomic E-state index is 0.116. The molecule has 0 aliphatic carbocycles. The summed E-state index contributed by atoms with van der Waals surface area (Å²) in [4.78, 5) is 13.9. The van der Waals surface area contributed by atoms with Crippen molar-refractivity contribution in [1.82, 2.24) is 15.5 Å². The fourth-order valence-corrected chi connectivity index (χ4v) is 2.38. The second-order valence-corrected chi connectivity index (χ2v) is 5.34. The molecule has 0 radical (unpaired) electrons. The van der Waals surface area contributed by atoms with E-state index < -0.39 is 0 Å². The average molecular weight is 241 g/mol. The van der Waals surface area contributed by atoms with Gasteiger partial charge in [0.15, 0.2) is 0 Å². The molecule has 17 heavy (non-hydrogen) atoms. The maximum Gasteiger partial charge on any atom is 0.233 e. The van der Waals surface area contributed by atoms with Crippen LogP contribution in [0.4, 0.5) is 0 Å². The molecule has 1 heterocycles. The molecule has 1 fully saturated rings. The zero-order valence-electron chi connectivity index (χ0n) is 11.6. The Balaban J connectivity index is 2.28. The number of rotatable bonds is 5. The number of carbonyl (C=O) groups excluding carboxylic acids is 1. The highest BCUT2D eigenvalue weighted by molar-refractivity contribution is 5.77. The van der Waals surface area contributed by atoms with E-state index in [1.807, 2.05) is 0 Å². The Labute approximate surface area is 105 Å². The highest BCUT2D eigenvalue weighted by Gasteiger charge is 2.28. The smallest absolute Gasteiger partial charge is 0.233 e. The van der Waals surface area contributed by atoms with Gasteiger partial charge in [0.2, 0.25) is 5.91 Å².